The lowest BCUT2D eigenvalue weighted by Crippen LogP contribution is -2.31. The van der Waals surface area contributed by atoms with Crippen LogP contribution >= 0.6 is 27.7 Å². The van der Waals surface area contributed by atoms with E-state index in [4.69, 9.17) is 4.74 Å². The summed E-state index contributed by atoms with van der Waals surface area (Å²) in [7, 11) is 1.72. The standard InChI is InChI=1S/C19H21BrN2OS/c1-23-17-8-7-16(20)11-15(17)13-24-18-6-3-2-5-14(18)12-19-21-9-4-10-22-19/h2-3,5-8,11H,4,9-10,12-13H2,1H3,(H,21,22). The van der Waals surface area contributed by atoms with Crippen LogP contribution in [0.25, 0.3) is 0 Å². The van der Waals surface area contributed by atoms with E-state index in [1.807, 2.05) is 23.9 Å². The molecule has 0 amide bonds. The first kappa shape index (κ1) is 17.4. The fraction of sp³-hybridized carbons (Fsp3) is 0.316. The fourth-order valence-corrected chi connectivity index (χ4v) is 4.13. The molecule has 1 heterocycles. The van der Waals surface area contributed by atoms with Crippen LogP contribution in [0.2, 0.25) is 0 Å². The Kier molecular flexibility index (Phi) is 6.21. The van der Waals surface area contributed by atoms with Gasteiger partial charge in [-0.3, -0.25) is 4.99 Å². The highest BCUT2D eigenvalue weighted by Gasteiger charge is 2.10. The maximum absolute atomic E-state index is 5.48. The van der Waals surface area contributed by atoms with Crippen LogP contribution in [0.4, 0.5) is 0 Å². The zero-order chi connectivity index (χ0) is 16.8. The molecule has 1 aliphatic rings. The summed E-state index contributed by atoms with van der Waals surface area (Å²) >= 11 is 5.39. The SMILES string of the molecule is COc1ccc(Br)cc1CSc1ccccc1CC1=NCCCN1. The predicted octanol–water partition coefficient (Wildman–Crippen LogP) is 4.68. The molecule has 0 atom stereocenters. The number of rotatable bonds is 6. The average molecular weight is 405 g/mol. The van der Waals surface area contributed by atoms with Crippen molar-refractivity contribution in [1.82, 2.24) is 5.32 Å². The summed E-state index contributed by atoms with van der Waals surface area (Å²) in [5.41, 5.74) is 2.52. The van der Waals surface area contributed by atoms with E-state index >= 15 is 0 Å². The van der Waals surface area contributed by atoms with Gasteiger partial charge in [-0.2, -0.15) is 0 Å². The molecule has 0 aliphatic carbocycles. The number of methoxy groups -OCH3 is 1. The van der Waals surface area contributed by atoms with Gasteiger partial charge >= 0.3 is 0 Å². The van der Waals surface area contributed by atoms with Crippen LogP contribution in [-0.4, -0.2) is 26.0 Å². The van der Waals surface area contributed by atoms with E-state index in [0.717, 1.165) is 47.7 Å². The molecule has 0 saturated heterocycles. The number of hydrogen-bond donors (Lipinski definition) is 1. The molecule has 0 spiro atoms. The summed E-state index contributed by atoms with van der Waals surface area (Å²) in [4.78, 5) is 5.89. The predicted molar refractivity (Wildman–Crippen MR) is 105 cm³/mol. The summed E-state index contributed by atoms with van der Waals surface area (Å²) in [5.74, 6) is 2.91. The van der Waals surface area contributed by atoms with Crippen molar-refractivity contribution >= 4 is 33.5 Å². The lowest BCUT2D eigenvalue weighted by Gasteiger charge is -2.16. The van der Waals surface area contributed by atoms with E-state index in [2.05, 4.69) is 56.6 Å². The number of ether oxygens (including phenoxy) is 1. The third-order valence-corrected chi connectivity index (χ3v) is 5.58. The molecule has 3 rings (SSSR count). The molecule has 0 aromatic heterocycles. The lowest BCUT2D eigenvalue weighted by atomic mass is 10.1. The molecule has 0 fully saturated rings. The Morgan fingerprint density at radius 2 is 2.08 bits per heavy atom. The van der Waals surface area contributed by atoms with Gasteiger partial charge in [-0.15, -0.1) is 11.8 Å². The number of hydrogen-bond acceptors (Lipinski definition) is 4. The molecule has 0 bridgehead atoms. The van der Waals surface area contributed by atoms with Crippen LogP contribution in [0.15, 0.2) is 56.8 Å². The monoisotopic (exact) mass is 404 g/mol. The van der Waals surface area contributed by atoms with E-state index < -0.39 is 0 Å². The second-order valence-electron chi connectivity index (χ2n) is 5.64. The molecule has 0 radical (unpaired) electrons. The smallest absolute Gasteiger partial charge is 0.122 e. The van der Waals surface area contributed by atoms with Gasteiger partial charge in [0.25, 0.3) is 0 Å². The molecule has 1 aliphatic heterocycles. The van der Waals surface area contributed by atoms with Gasteiger partial charge in [-0.05, 0) is 36.2 Å². The van der Waals surface area contributed by atoms with Gasteiger partial charge in [0.05, 0.1) is 7.11 Å². The van der Waals surface area contributed by atoms with Crippen LogP contribution in [0, 0.1) is 0 Å². The van der Waals surface area contributed by atoms with Crippen LogP contribution in [0.3, 0.4) is 0 Å². The minimum Gasteiger partial charge on any atom is -0.496 e. The van der Waals surface area contributed by atoms with Crippen molar-refractivity contribution in [3.8, 4) is 5.75 Å². The van der Waals surface area contributed by atoms with Crippen molar-refractivity contribution in [3.63, 3.8) is 0 Å². The van der Waals surface area contributed by atoms with Gasteiger partial charge in [-0.25, -0.2) is 0 Å². The highest BCUT2D eigenvalue weighted by Crippen LogP contribution is 2.32. The first-order chi connectivity index (χ1) is 11.8. The third kappa shape index (κ3) is 4.54. The maximum Gasteiger partial charge on any atom is 0.122 e. The van der Waals surface area contributed by atoms with Gasteiger partial charge in [-0.1, -0.05) is 34.1 Å². The molecule has 1 N–H and O–H groups in total. The molecule has 2 aromatic rings. The van der Waals surface area contributed by atoms with Crippen LogP contribution < -0.4 is 10.1 Å². The Labute approximate surface area is 156 Å². The third-order valence-electron chi connectivity index (χ3n) is 3.92. The van der Waals surface area contributed by atoms with E-state index in [9.17, 15) is 0 Å². The number of amidine groups is 1. The first-order valence-corrected chi connectivity index (χ1v) is 9.84. The van der Waals surface area contributed by atoms with Crippen LogP contribution in [0.1, 0.15) is 17.5 Å². The van der Waals surface area contributed by atoms with Gasteiger partial charge in [0, 0.05) is 40.2 Å². The summed E-state index contributed by atoms with van der Waals surface area (Å²) in [6, 6.07) is 14.7. The molecule has 2 aromatic carbocycles. The zero-order valence-corrected chi connectivity index (χ0v) is 16.1. The minimum absolute atomic E-state index is 0.874. The van der Waals surface area contributed by atoms with Crippen LogP contribution in [0.5, 0.6) is 5.75 Å². The number of halogens is 1. The highest BCUT2D eigenvalue weighted by molar-refractivity contribution is 9.10. The van der Waals surface area contributed by atoms with Crippen molar-refractivity contribution in [2.24, 2.45) is 4.99 Å². The summed E-state index contributed by atoms with van der Waals surface area (Å²) in [6.45, 7) is 1.97. The average Bonchev–Trinajstić information content (AvgIpc) is 2.62. The second-order valence-corrected chi connectivity index (χ2v) is 7.57. The Balaban J connectivity index is 1.74. The normalized spacial score (nSPS) is 14.0. The topological polar surface area (TPSA) is 33.6 Å². The van der Waals surface area contributed by atoms with Gasteiger partial charge < -0.3 is 10.1 Å². The number of nitrogens with one attached hydrogen (secondary N) is 1. The van der Waals surface area contributed by atoms with E-state index in [-0.39, 0.29) is 0 Å². The molecular formula is C19H21BrN2OS. The summed E-state index contributed by atoms with van der Waals surface area (Å²) in [5, 5.41) is 3.41. The Hall–Kier alpha value is -1.46. The Bertz CT molecular complexity index is 733. The minimum atomic E-state index is 0.874. The van der Waals surface area contributed by atoms with E-state index in [1.54, 1.807) is 7.11 Å². The number of nitrogens with zero attached hydrogens (tertiary/aromatic N) is 1. The van der Waals surface area contributed by atoms with Crippen molar-refractivity contribution in [2.75, 3.05) is 20.2 Å². The number of aliphatic imine (C=N–C) groups is 1. The first-order valence-electron chi connectivity index (χ1n) is 8.06. The quantitative estimate of drug-likeness (QED) is 0.709. The second kappa shape index (κ2) is 8.58. The largest absolute Gasteiger partial charge is 0.496 e. The van der Waals surface area contributed by atoms with Crippen molar-refractivity contribution in [3.05, 3.63) is 58.1 Å². The van der Waals surface area contributed by atoms with Crippen molar-refractivity contribution in [2.45, 2.75) is 23.5 Å². The molecule has 0 saturated carbocycles. The van der Waals surface area contributed by atoms with Crippen LogP contribution in [-0.2, 0) is 12.2 Å². The number of thioether (sulfide) groups is 1. The molecule has 126 valence electrons. The fourth-order valence-electron chi connectivity index (χ4n) is 2.69. The zero-order valence-electron chi connectivity index (χ0n) is 13.7. The lowest BCUT2D eigenvalue weighted by molar-refractivity contribution is 0.411. The van der Waals surface area contributed by atoms with E-state index in [0.29, 0.717) is 0 Å². The molecule has 24 heavy (non-hydrogen) atoms. The molecule has 5 heteroatoms. The van der Waals surface area contributed by atoms with Crippen molar-refractivity contribution in [1.29, 1.82) is 0 Å². The van der Waals surface area contributed by atoms with Crippen molar-refractivity contribution < 1.29 is 4.74 Å². The highest BCUT2D eigenvalue weighted by atomic mass is 79.9. The molecule has 0 unspecified atom stereocenters. The van der Waals surface area contributed by atoms with E-state index in [1.165, 1.54) is 16.0 Å². The molecular weight excluding hydrogens is 384 g/mol. The summed E-state index contributed by atoms with van der Waals surface area (Å²) in [6.07, 6.45) is 2.00. The maximum atomic E-state index is 5.48. The summed E-state index contributed by atoms with van der Waals surface area (Å²) < 4.78 is 6.55. The Morgan fingerprint density at radius 3 is 2.88 bits per heavy atom. The van der Waals surface area contributed by atoms with Gasteiger partial charge in [0.1, 0.15) is 11.6 Å². The molecule has 3 nitrogen and oxygen atoms in total. The van der Waals surface area contributed by atoms with Gasteiger partial charge in [0.2, 0.25) is 0 Å². The Morgan fingerprint density at radius 1 is 1.21 bits per heavy atom. The number of benzene rings is 2. The van der Waals surface area contributed by atoms with Gasteiger partial charge in [0.15, 0.2) is 0 Å².